The third-order valence-electron chi connectivity index (χ3n) is 4.36. The lowest BCUT2D eigenvalue weighted by atomic mass is 10.1. The van der Waals surface area contributed by atoms with Gasteiger partial charge in [-0.05, 0) is 41.5 Å². The van der Waals surface area contributed by atoms with Gasteiger partial charge in [0.05, 0.1) is 26.5 Å². The molecule has 0 saturated carbocycles. The van der Waals surface area contributed by atoms with E-state index in [1.165, 1.54) is 17.9 Å². The van der Waals surface area contributed by atoms with Crippen LogP contribution in [0.15, 0.2) is 76.9 Å². The SMILES string of the molecule is COc1cc(/C=C(/C#N)C(=O)NCc2ccco2)ccc1OCCc1ccccc1. The first-order valence-electron chi connectivity index (χ1n) is 9.46. The summed E-state index contributed by atoms with van der Waals surface area (Å²) in [4.78, 5) is 12.3. The maximum absolute atomic E-state index is 12.3. The second-order valence-corrected chi connectivity index (χ2v) is 6.43. The lowest BCUT2D eigenvalue weighted by molar-refractivity contribution is -0.117. The second-order valence-electron chi connectivity index (χ2n) is 6.43. The Morgan fingerprint density at radius 2 is 1.97 bits per heavy atom. The summed E-state index contributed by atoms with van der Waals surface area (Å²) >= 11 is 0. The number of nitrogens with one attached hydrogen (secondary N) is 1. The van der Waals surface area contributed by atoms with Gasteiger partial charge in [-0.2, -0.15) is 5.26 Å². The minimum atomic E-state index is -0.476. The van der Waals surface area contributed by atoms with Gasteiger partial charge in [-0.25, -0.2) is 0 Å². The number of rotatable bonds is 9. The Morgan fingerprint density at radius 1 is 1.13 bits per heavy atom. The molecule has 1 heterocycles. The van der Waals surface area contributed by atoms with Gasteiger partial charge in [-0.1, -0.05) is 36.4 Å². The van der Waals surface area contributed by atoms with Crippen LogP contribution in [0.3, 0.4) is 0 Å². The first kappa shape index (κ1) is 20.7. The Labute approximate surface area is 175 Å². The molecule has 0 radical (unpaired) electrons. The molecule has 30 heavy (non-hydrogen) atoms. The number of benzene rings is 2. The Hall–Kier alpha value is -3.98. The van der Waals surface area contributed by atoms with Gasteiger partial charge in [0.15, 0.2) is 11.5 Å². The van der Waals surface area contributed by atoms with Crippen LogP contribution in [0.25, 0.3) is 6.08 Å². The highest BCUT2D eigenvalue weighted by molar-refractivity contribution is 6.01. The highest BCUT2D eigenvalue weighted by atomic mass is 16.5. The molecule has 1 aromatic heterocycles. The second kappa shape index (κ2) is 10.5. The molecule has 1 amide bonds. The molecule has 0 atom stereocenters. The summed E-state index contributed by atoms with van der Waals surface area (Å²) in [6.07, 6.45) is 3.81. The van der Waals surface area contributed by atoms with Crippen molar-refractivity contribution in [3.05, 3.63) is 89.4 Å². The van der Waals surface area contributed by atoms with Crippen molar-refractivity contribution in [2.24, 2.45) is 0 Å². The molecule has 152 valence electrons. The molecule has 0 aliphatic heterocycles. The normalized spacial score (nSPS) is 10.9. The zero-order valence-corrected chi connectivity index (χ0v) is 16.6. The van der Waals surface area contributed by atoms with Gasteiger partial charge in [0.1, 0.15) is 17.4 Å². The van der Waals surface area contributed by atoms with E-state index < -0.39 is 5.91 Å². The van der Waals surface area contributed by atoms with Crippen molar-refractivity contribution >= 4 is 12.0 Å². The van der Waals surface area contributed by atoms with E-state index in [0.717, 1.165) is 6.42 Å². The van der Waals surface area contributed by atoms with Crippen molar-refractivity contribution in [3.8, 4) is 17.6 Å². The molecule has 3 aromatic rings. The summed E-state index contributed by atoms with van der Waals surface area (Å²) < 4.78 is 16.4. The molecule has 0 aliphatic carbocycles. The molecule has 0 fully saturated rings. The fourth-order valence-corrected chi connectivity index (χ4v) is 2.81. The van der Waals surface area contributed by atoms with Gasteiger partial charge >= 0.3 is 0 Å². The molecule has 1 N–H and O–H groups in total. The number of nitriles is 1. The van der Waals surface area contributed by atoms with Crippen molar-refractivity contribution < 1.29 is 18.7 Å². The number of carbonyl (C=O) groups excluding carboxylic acids is 1. The predicted octanol–water partition coefficient (Wildman–Crippen LogP) is 4.13. The van der Waals surface area contributed by atoms with Crippen molar-refractivity contribution in [2.75, 3.05) is 13.7 Å². The molecule has 0 aliphatic rings. The Balaban J connectivity index is 1.64. The van der Waals surface area contributed by atoms with Gasteiger partial charge < -0.3 is 19.2 Å². The number of amides is 1. The van der Waals surface area contributed by atoms with E-state index in [1.54, 1.807) is 37.4 Å². The topological polar surface area (TPSA) is 84.5 Å². The molecule has 6 heteroatoms. The number of hydrogen-bond acceptors (Lipinski definition) is 5. The number of ether oxygens (including phenoxy) is 2. The smallest absolute Gasteiger partial charge is 0.262 e. The van der Waals surface area contributed by atoms with Gasteiger partial charge in [0, 0.05) is 6.42 Å². The van der Waals surface area contributed by atoms with E-state index in [1.807, 2.05) is 24.3 Å². The molecule has 6 nitrogen and oxygen atoms in total. The van der Waals surface area contributed by atoms with Crippen molar-refractivity contribution in [2.45, 2.75) is 13.0 Å². The zero-order valence-electron chi connectivity index (χ0n) is 16.6. The molecule has 0 unspecified atom stereocenters. The van der Waals surface area contributed by atoms with E-state index in [-0.39, 0.29) is 12.1 Å². The first-order valence-corrected chi connectivity index (χ1v) is 9.46. The maximum atomic E-state index is 12.3. The highest BCUT2D eigenvalue weighted by Crippen LogP contribution is 2.29. The van der Waals surface area contributed by atoms with Crippen LogP contribution in [0, 0.1) is 11.3 Å². The van der Waals surface area contributed by atoms with Crippen LogP contribution < -0.4 is 14.8 Å². The molecular weight excluding hydrogens is 380 g/mol. The summed E-state index contributed by atoms with van der Waals surface area (Å²) in [5, 5.41) is 12.0. The van der Waals surface area contributed by atoms with Crippen molar-refractivity contribution in [1.82, 2.24) is 5.32 Å². The third kappa shape index (κ3) is 5.76. The number of methoxy groups -OCH3 is 1. The number of furan rings is 1. The average molecular weight is 402 g/mol. The van der Waals surface area contributed by atoms with E-state index >= 15 is 0 Å². The standard InChI is InChI=1S/C24H22N2O4/c1-28-23-15-19(9-10-22(23)30-13-11-18-6-3-2-4-7-18)14-20(16-25)24(27)26-17-21-8-5-12-29-21/h2-10,12,14-15H,11,13,17H2,1H3,(H,26,27)/b20-14-. The molecule has 0 spiro atoms. The van der Waals surface area contributed by atoms with E-state index in [0.29, 0.717) is 29.4 Å². The van der Waals surface area contributed by atoms with E-state index in [9.17, 15) is 10.1 Å². The summed E-state index contributed by atoms with van der Waals surface area (Å²) in [6, 6.07) is 20.8. The maximum Gasteiger partial charge on any atom is 0.262 e. The van der Waals surface area contributed by atoms with Gasteiger partial charge in [0.2, 0.25) is 0 Å². The summed E-state index contributed by atoms with van der Waals surface area (Å²) in [6.45, 7) is 0.719. The largest absolute Gasteiger partial charge is 0.493 e. The van der Waals surface area contributed by atoms with E-state index in [2.05, 4.69) is 17.4 Å². The minimum Gasteiger partial charge on any atom is -0.493 e. The fourth-order valence-electron chi connectivity index (χ4n) is 2.81. The van der Waals surface area contributed by atoms with E-state index in [4.69, 9.17) is 13.9 Å². The van der Waals surface area contributed by atoms with Crippen molar-refractivity contribution in [1.29, 1.82) is 5.26 Å². The Bertz CT molecular complexity index is 1030. The zero-order chi connectivity index (χ0) is 21.2. The lowest BCUT2D eigenvalue weighted by Crippen LogP contribution is -2.23. The highest BCUT2D eigenvalue weighted by Gasteiger charge is 2.11. The molecule has 0 saturated heterocycles. The Morgan fingerprint density at radius 3 is 2.67 bits per heavy atom. The van der Waals surface area contributed by atoms with Crippen molar-refractivity contribution in [3.63, 3.8) is 0 Å². The molecule has 3 rings (SSSR count). The van der Waals surface area contributed by atoms with Crippen LogP contribution in [-0.2, 0) is 17.8 Å². The van der Waals surface area contributed by atoms with Gasteiger partial charge in [-0.3, -0.25) is 4.79 Å². The summed E-state index contributed by atoms with van der Waals surface area (Å²) in [5.74, 6) is 1.27. The Kier molecular flexibility index (Phi) is 7.28. The summed E-state index contributed by atoms with van der Waals surface area (Å²) in [7, 11) is 1.55. The van der Waals surface area contributed by atoms with Gasteiger partial charge in [-0.15, -0.1) is 0 Å². The van der Waals surface area contributed by atoms with Crippen LogP contribution in [0.2, 0.25) is 0 Å². The quantitative estimate of drug-likeness (QED) is 0.430. The molecule has 2 aromatic carbocycles. The van der Waals surface area contributed by atoms with Crippen LogP contribution >= 0.6 is 0 Å². The predicted molar refractivity (Wildman–Crippen MR) is 113 cm³/mol. The minimum absolute atomic E-state index is 0.0126. The van der Waals surface area contributed by atoms with Gasteiger partial charge in [0.25, 0.3) is 5.91 Å². The summed E-state index contributed by atoms with van der Waals surface area (Å²) in [5.41, 5.74) is 1.84. The van der Waals surface area contributed by atoms with Crippen LogP contribution in [-0.4, -0.2) is 19.6 Å². The molecular formula is C24H22N2O4. The number of hydrogen-bond donors (Lipinski definition) is 1. The van der Waals surface area contributed by atoms with Crippen LogP contribution in [0.1, 0.15) is 16.9 Å². The number of carbonyl (C=O) groups is 1. The number of nitrogens with zero attached hydrogens (tertiary/aromatic N) is 1. The monoisotopic (exact) mass is 402 g/mol. The average Bonchev–Trinajstić information content (AvgIpc) is 3.31. The first-order chi connectivity index (χ1) is 14.7. The molecule has 0 bridgehead atoms. The third-order valence-corrected chi connectivity index (χ3v) is 4.36. The fraction of sp³-hybridized carbons (Fsp3) is 0.167. The van der Waals surface area contributed by atoms with Crippen LogP contribution in [0.5, 0.6) is 11.5 Å². The van der Waals surface area contributed by atoms with Crippen LogP contribution in [0.4, 0.5) is 0 Å². The lowest BCUT2D eigenvalue weighted by Gasteiger charge is -2.11.